The van der Waals surface area contributed by atoms with E-state index in [-0.39, 0.29) is 18.6 Å². The molecule has 6 heteroatoms. The summed E-state index contributed by atoms with van der Waals surface area (Å²) in [5.41, 5.74) is 0. The molecule has 3 unspecified atom stereocenters. The highest BCUT2D eigenvalue weighted by Gasteiger charge is 2.35. The Morgan fingerprint density at radius 1 is 1.22 bits per heavy atom. The van der Waals surface area contributed by atoms with Crippen molar-refractivity contribution in [1.29, 1.82) is 0 Å². The topological polar surface area (TPSA) is 64.0 Å². The van der Waals surface area contributed by atoms with E-state index in [0.717, 1.165) is 12.8 Å². The Morgan fingerprint density at radius 3 is 2.39 bits per heavy atom. The maximum Gasteiger partial charge on any atom is 0.407 e. The lowest BCUT2D eigenvalue weighted by Gasteiger charge is -2.42. The summed E-state index contributed by atoms with van der Waals surface area (Å²) >= 11 is 0. The average Bonchev–Trinajstić information content (AvgIpc) is 2.38. The van der Waals surface area contributed by atoms with Crippen molar-refractivity contribution < 1.29 is 19.4 Å². The number of aliphatic hydroxyl groups is 1. The number of halogens is 1. The van der Waals surface area contributed by atoms with Crippen LogP contribution in [-0.2, 0) is 0 Å². The van der Waals surface area contributed by atoms with Gasteiger partial charge in [0, 0.05) is 38.8 Å². The summed E-state index contributed by atoms with van der Waals surface area (Å²) in [5, 5.41) is 17.9. The monoisotopic (exact) mass is 260 g/mol. The van der Waals surface area contributed by atoms with Crippen molar-refractivity contribution in [3.8, 4) is 0 Å². The molecule has 18 heavy (non-hydrogen) atoms. The van der Waals surface area contributed by atoms with Gasteiger partial charge in [-0.2, -0.15) is 0 Å². The molecule has 0 aromatic heterocycles. The number of rotatable bonds is 2. The first-order valence-corrected chi connectivity index (χ1v) is 6.58. The van der Waals surface area contributed by atoms with Crippen LogP contribution in [0.15, 0.2) is 0 Å². The second kappa shape index (κ2) is 5.84. The molecule has 0 aromatic rings. The molecule has 2 aliphatic rings. The SMILES string of the molecule is O=C(O)N1CCN(C2CCC(CO)CC2F)CC1. The van der Waals surface area contributed by atoms with Crippen molar-refractivity contribution in [1.82, 2.24) is 9.80 Å². The van der Waals surface area contributed by atoms with E-state index in [1.807, 2.05) is 0 Å². The van der Waals surface area contributed by atoms with Crippen molar-refractivity contribution in [2.45, 2.75) is 31.5 Å². The fourth-order valence-electron chi connectivity index (χ4n) is 3.00. The lowest BCUT2D eigenvalue weighted by Crippen LogP contribution is -2.55. The third-order valence-corrected chi connectivity index (χ3v) is 4.16. The van der Waals surface area contributed by atoms with Gasteiger partial charge in [-0.05, 0) is 25.2 Å². The molecule has 104 valence electrons. The zero-order valence-electron chi connectivity index (χ0n) is 10.5. The molecule has 5 nitrogen and oxygen atoms in total. The van der Waals surface area contributed by atoms with Gasteiger partial charge in [-0.3, -0.25) is 4.90 Å². The van der Waals surface area contributed by atoms with Crippen LogP contribution in [0.1, 0.15) is 19.3 Å². The van der Waals surface area contributed by atoms with Gasteiger partial charge in [0.1, 0.15) is 6.17 Å². The highest BCUT2D eigenvalue weighted by atomic mass is 19.1. The molecule has 1 aliphatic heterocycles. The van der Waals surface area contributed by atoms with Gasteiger partial charge in [0.05, 0.1) is 0 Å². The quantitative estimate of drug-likeness (QED) is 0.770. The third-order valence-electron chi connectivity index (χ3n) is 4.16. The fraction of sp³-hybridized carbons (Fsp3) is 0.917. The third kappa shape index (κ3) is 2.92. The van der Waals surface area contributed by atoms with Crippen LogP contribution in [-0.4, -0.2) is 71.1 Å². The van der Waals surface area contributed by atoms with Gasteiger partial charge >= 0.3 is 6.09 Å². The molecule has 0 radical (unpaired) electrons. The van der Waals surface area contributed by atoms with Crippen LogP contribution in [0.2, 0.25) is 0 Å². The first kappa shape index (κ1) is 13.5. The summed E-state index contributed by atoms with van der Waals surface area (Å²) in [6, 6.07) is -0.0938. The van der Waals surface area contributed by atoms with E-state index in [0.29, 0.717) is 32.6 Å². The lowest BCUT2D eigenvalue weighted by molar-refractivity contribution is 0.0149. The summed E-state index contributed by atoms with van der Waals surface area (Å²) in [4.78, 5) is 14.2. The summed E-state index contributed by atoms with van der Waals surface area (Å²) in [6.07, 6.45) is 0.267. The van der Waals surface area contributed by atoms with Crippen LogP contribution in [0, 0.1) is 5.92 Å². The normalized spacial score (nSPS) is 34.6. The zero-order valence-corrected chi connectivity index (χ0v) is 10.5. The van der Waals surface area contributed by atoms with Gasteiger partial charge in [-0.25, -0.2) is 9.18 Å². The molecular formula is C12H21FN2O3. The predicted molar refractivity (Wildman–Crippen MR) is 64.3 cm³/mol. The van der Waals surface area contributed by atoms with E-state index < -0.39 is 12.3 Å². The Bertz CT molecular complexity index is 295. The van der Waals surface area contributed by atoms with Crippen LogP contribution < -0.4 is 0 Å². The minimum absolute atomic E-state index is 0.0694. The molecule has 1 saturated heterocycles. The highest BCUT2D eigenvalue weighted by molar-refractivity contribution is 5.65. The molecule has 0 aromatic carbocycles. The Kier molecular flexibility index (Phi) is 4.40. The standard InChI is InChI=1S/C12H21FN2O3/c13-10-7-9(8-16)1-2-11(10)14-3-5-15(6-4-14)12(17)18/h9-11,16H,1-8H2,(H,17,18). The Morgan fingerprint density at radius 2 is 1.89 bits per heavy atom. The number of amides is 1. The van der Waals surface area contributed by atoms with Crippen LogP contribution in [0.4, 0.5) is 9.18 Å². The maximum absolute atomic E-state index is 14.0. The van der Waals surface area contributed by atoms with Gasteiger partial charge < -0.3 is 15.1 Å². The molecule has 0 bridgehead atoms. The van der Waals surface area contributed by atoms with Crippen molar-refractivity contribution in [2.24, 2.45) is 5.92 Å². The summed E-state index contributed by atoms with van der Waals surface area (Å²) in [7, 11) is 0. The molecule has 2 N–H and O–H groups in total. The molecule has 1 aliphatic carbocycles. The molecule has 0 spiro atoms. The predicted octanol–water partition coefficient (Wildman–Crippen LogP) is 0.781. The van der Waals surface area contributed by atoms with Crippen molar-refractivity contribution in [3.05, 3.63) is 0 Å². The first-order valence-electron chi connectivity index (χ1n) is 6.58. The van der Waals surface area contributed by atoms with Gasteiger partial charge in [-0.1, -0.05) is 0 Å². The number of nitrogens with zero attached hydrogens (tertiary/aromatic N) is 2. The fourth-order valence-corrected chi connectivity index (χ4v) is 3.00. The Hall–Kier alpha value is -0.880. The zero-order chi connectivity index (χ0) is 13.1. The summed E-state index contributed by atoms with van der Waals surface area (Å²) < 4.78 is 14.0. The van der Waals surface area contributed by atoms with Crippen molar-refractivity contribution >= 4 is 6.09 Å². The molecule has 2 fully saturated rings. The minimum Gasteiger partial charge on any atom is -0.465 e. The molecule has 2 rings (SSSR count). The second-order valence-corrected chi connectivity index (χ2v) is 5.25. The molecule has 1 amide bonds. The Labute approximate surface area is 106 Å². The highest BCUT2D eigenvalue weighted by Crippen LogP contribution is 2.30. The summed E-state index contributed by atoms with van der Waals surface area (Å²) in [5.74, 6) is 0.0940. The molecule has 1 saturated carbocycles. The lowest BCUT2D eigenvalue weighted by atomic mass is 9.84. The smallest absolute Gasteiger partial charge is 0.407 e. The van der Waals surface area contributed by atoms with Crippen molar-refractivity contribution in [2.75, 3.05) is 32.8 Å². The number of hydrogen-bond donors (Lipinski definition) is 2. The van der Waals surface area contributed by atoms with E-state index in [2.05, 4.69) is 4.90 Å². The van der Waals surface area contributed by atoms with Crippen LogP contribution in [0.5, 0.6) is 0 Å². The molecule has 3 atom stereocenters. The second-order valence-electron chi connectivity index (χ2n) is 5.25. The summed E-state index contributed by atoms with van der Waals surface area (Å²) in [6.45, 7) is 2.21. The van der Waals surface area contributed by atoms with E-state index in [1.54, 1.807) is 0 Å². The van der Waals surface area contributed by atoms with E-state index in [9.17, 15) is 9.18 Å². The number of carbonyl (C=O) groups is 1. The molecular weight excluding hydrogens is 239 g/mol. The van der Waals surface area contributed by atoms with Crippen molar-refractivity contribution in [3.63, 3.8) is 0 Å². The average molecular weight is 260 g/mol. The van der Waals surface area contributed by atoms with Gasteiger partial charge in [0.25, 0.3) is 0 Å². The number of piperazine rings is 1. The van der Waals surface area contributed by atoms with Crippen LogP contribution in [0.25, 0.3) is 0 Å². The number of alkyl halides is 1. The van der Waals surface area contributed by atoms with Crippen LogP contribution in [0.3, 0.4) is 0 Å². The van der Waals surface area contributed by atoms with E-state index in [4.69, 9.17) is 10.2 Å². The number of hydrogen-bond acceptors (Lipinski definition) is 3. The van der Waals surface area contributed by atoms with Gasteiger partial charge in [0.2, 0.25) is 0 Å². The molecule has 1 heterocycles. The van der Waals surface area contributed by atoms with Crippen LogP contribution >= 0.6 is 0 Å². The number of aliphatic hydroxyl groups excluding tert-OH is 1. The number of carboxylic acid groups (broad SMARTS) is 1. The van der Waals surface area contributed by atoms with Gasteiger partial charge in [-0.15, -0.1) is 0 Å². The minimum atomic E-state index is -0.896. The largest absolute Gasteiger partial charge is 0.465 e. The first-order chi connectivity index (χ1) is 8.61. The Balaban J connectivity index is 1.84. The maximum atomic E-state index is 14.0. The van der Waals surface area contributed by atoms with Gasteiger partial charge in [0.15, 0.2) is 0 Å². The van der Waals surface area contributed by atoms with E-state index in [1.165, 1.54) is 4.90 Å². The van der Waals surface area contributed by atoms with E-state index >= 15 is 0 Å².